The predicted molar refractivity (Wildman–Crippen MR) is 141 cm³/mol. The molecule has 3 heterocycles. The average molecular weight is 536 g/mol. The van der Waals surface area contributed by atoms with E-state index in [2.05, 4.69) is 64.5 Å². The second-order valence-electron chi connectivity index (χ2n) is 10.4. The minimum Gasteiger partial charge on any atom is -0.383 e. The van der Waals surface area contributed by atoms with Crippen molar-refractivity contribution >= 4 is 22.3 Å². The lowest BCUT2D eigenvalue weighted by molar-refractivity contribution is 0.0889. The summed E-state index contributed by atoms with van der Waals surface area (Å²) in [5.74, 6) is -0.650. The Hall–Kier alpha value is -4.55. The molecule has 202 valence electrons. The zero-order valence-electron chi connectivity index (χ0n) is 21.9. The predicted octanol–water partition coefficient (Wildman–Crippen LogP) is 4.86. The van der Waals surface area contributed by atoms with E-state index in [-0.39, 0.29) is 11.0 Å². The largest absolute Gasteiger partial charge is 0.383 e. The Morgan fingerprint density at radius 2 is 1.87 bits per heavy atom. The summed E-state index contributed by atoms with van der Waals surface area (Å²) in [5, 5.41) is 28.1. The van der Waals surface area contributed by atoms with Gasteiger partial charge < -0.3 is 16.1 Å². The van der Waals surface area contributed by atoms with E-state index >= 15 is 0 Å². The molecule has 1 aliphatic rings. The van der Waals surface area contributed by atoms with Crippen molar-refractivity contribution < 1.29 is 13.2 Å². The number of halogens is 3. The maximum absolute atomic E-state index is 13.8. The molecule has 1 atom stereocenters. The summed E-state index contributed by atoms with van der Waals surface area (Å²) in [6.45, 7) is 7.82. The molecule has 39 heavy (non-hydrogen) atoms. The molecule has 4 rings (SSSR count). The van der Waals surface area contributed by atoms with Crippen LogP contribution in [0.2, 0.25) is 0 Å². The minimum absolute atomic E-state index is 0.0911. The van der Waals surface area contributed by atoms with Crippen molar-refractivity contribution in [2.24, 2.45) is 5.41 Å². The molecule has 4 N–H and O–H groups in total. The lowest BCUT2D eigenvalue weighted by Crippen LogP contribution is -2.39. The fourth-order valence-corrected chi connectivity index (χ4v) is 4.20. The van der Waals surface area contributed by atoms with E-state index in [1.807, 2.05) is 0 Å². The smallest absolute Gasteiger partial charge is 0.257 e. The van der Waals surface area contributed by atoms with Crippen LogP contribution in [0.3, 0.4) is 0 Å². The van der Waals surface area contributed by atoms with Gasteiger partial charge in [-0.1, -0.05) is 26.8 Å². The van der Waals surface area contributed by atoms with Crippen molar-refractivity contribution in [1.29, 1.82) is 10.5 Å². The molecule has 0 saturated heterocycles. The monoisotopic (exact) mass is 535 g/mol. The Bertz CT molecular complexity index is 1500. The Kier molecular flexibility index (Phi) is 7.79. The first-order valence-electron chi connectivity index (χ1n) is 12.2. The van der Waals surface area contributed by atoms with Gasteiger partial charge in [-0.15, -0.1) is 5.53 Å². The van der Waals surface area contributed by atoms with Crippen molar-refractivity contribution in [3.05, 3.63) is 70.7 Å². The Labute approximate surface area is 224 Å². The molecule has 12 heteroatoms. The zero-order valence-corrected chi connectivity index (χ0v) is 21.9. The normalized spacial score (nSPS) is 14.0. The van der Waals surface area contributed by atoms with Gasteiger partial charge in [0.25, 0.3) is 6.43 Å². The van der Waals surface area contributed by atoms with E-state index in [0.29, 0.717) is 51.3 Å². The van der Waals surface area contributed by atoms with Crippen LogP contribution in [0, 0.1) is 40.9 Å². The third kappa shape index (κ3) is 6.30. The molecule has 1 aliphatic heterocycles. The number of rotatable bonds is 8. The highest BCUT2D eigenvalue weighted by Crippen LogP contribution is 2.35. The number of aryl methyl sites for hydroxylation is 1. The lowest BCUT2D eigenvalue weighted by atomic mass is 9.96. The third-order valence-corrected chi connectivity index (χ3v) is 6.01. The first-order chi connectivity index (χ1) is 18.5. The average Bonchev–Trinajstić information content (AvgIpc) is 3.32. The maximum Gasteiger partial charge on any atom is 0.257 e. The van der Waals surface area contributed by atoms with E-state index in [4.69, 9.17) is 0 Å². The van der Waals surface area contributed by atoms with Crippen LogP contribution in [-0.2, 0) is 0 Å². The molecule has 0 saturated carbocycles. The van der Waals surface area contributed by atoms with Crippen molar-refractivity contribution in [2.45, 2.75) is 40.2 Å². The minimum atomic E-state index is -2.57. The summed E-state index contributed by atoms with van der Waals surface area (Å²) in [5.41, 5.74) is 9.02. The van der Waals surface area contributed by atoms with E-state index in [0.717, 1.165) is 0 Å². The quantitative estimate of drug-likeness (QED) is 0.299. The summed E-state index contributed by atoms with van der Waals surface area (Å²) in [6, 6.07) is 9.81. The molecule has 1 aromatic carbocycles. The van der Waals surface area contributed by atoms with Gasteiger partial charge in [0.2, 0.25) is 5.95 Å². The third-order valence-electron chi connectivity index (χ3n) is 6.01. The van der Waals surface area contributed by atoms with Crippen LogP contribution in [0.1, 0.15) is 49.2 Å². The van der Waals surface area contributed by atoms with Crippen molar-refractivity contribution in [2.75, 3.05) is 23.7 Å². The first kappa shape index (κ1) is 27.5. The first-order valence-corrected chi connectivity index (χ1v) is 12.2. The number of nitriles is 2. The SMILES string of the molecule is Cc1nc(F)ccc1[C@H](Nc1cc(C#N)c2ncc(C#N)c(NCC(C)(C)C)c2c1)C1=CN(CC(F)F)NN1. The number of hydrogen-bond acceptors (Lipinski definition) is 9. The van der Waals surface area contributed by atoms with Gasteiger partial charge in [0, 0.05) is 41.3 Å². The van der Waals surface area contributed by atoms with Gasteiger partial charge in [-0.2, -0.15) is 14.9 Å². The molecular formula is C27H28F3N9. The fraction of sp³-hybridized carbons (Fsp3) is 0.333. The number of fused-ring (bicyclic) bond motifs is 1. The molecule has 0 fully saturated rings. The molecule has 0 bridgehead atoms. The van der Waals surface area contributed by atoms with Gasteiger partial charge in [0.1, 0.15) is 12.1 Å². The molecule has 0 spiro atoms. The van der Waals surface area contributed by atoms with Crippen LogP contribution in [0.15, 0.2) is 42.4 Å². The highest BCUT2D eigenvalue weighted by Gasteiger charge is 2.26. The van der Waals surface area contributed by atoms with Crippen LogP contribution in [0.5, 0.6) is 0 Å². The van der Waals surface area contributed by atoms with Gasteiger partial charge in [-0.25, -0.2) is 13.8 Å². The number of hydrogen-bond donors (Lipinski definition) is 4. The Morgan fingerprint density at radius 1 is 1.13 bits per heavy atom. The Morgan fingerprint density at radius 3 is 2.51 bits per heavy atom. The highest BCUT2D eigenvalue weighted by atomic mass is 19.3. The van der Waals surface area contributed by atoms with Crippen LogP contribution < -0.4 is 21.6 Å². The molecule has 9 nitrogen and oxygen atoms in total. The maximum atomic E-state index is 13.8. The van der Waals surface area contributed by atoms with Crippen LogP contribution in [0.4, 0.5) is 24.5 Å². The standard InChI is InChI=1S/C27H28F3N9/c1-15-19(5-6-23(30)35-15)26(21-12-39(38-37-21)13-22(28)29)36-18-7-16(9-31)24-20(8-18)25(17(10-32)11-33-24)34-14-27(2,3)4/h5-8,11-12,22,26,36-38H,13-14H2,1-4H3,(H,33,34)/t26-/m0/s1. The van der Waals surface area contributed by atoms with Gasteiger partial charge >= 0.3 is 0 Å². The number of hydrazine groups is 2. The van der Waals surface area contributed by atoms with Crippen LogP contribution in [-0.4, -0.2) is 34.5 Å². The van der Waals surface area contributed by atoms with E-state index in [1.165, 1.54) is 23.5 Å². The van der Waals surface area contributed by atoms with E-state index in [9.17, 15) is 23.7 Å². The van der Waals surface area contributed by atoms with E-state index < -0.39 is 25.0 Å². The Balaban J connectivity index is 1.83. The molecule has 0 radical (unpaired) electrons. The summed E-state index contributed by atoms with van der Waals surface area (Å²) in [4.78, 5) is 8.29. The highest BCUT2D eigenvalue weighted by molar-refractivity contribution is 5.99. The summed E-state index contributed by atoms with van der Waals surface area (Å²) in [6.07, 6.45) is 0.355. The fourth-order valence-electron chi connectivity index (χ4n) is 4.20. The molecule has 0 amide bonds. The van der Waals surface area contributed by atoms with Gasteiger partial charge in [-0.05, 0) is 30.5 Å². The molecule has 0 unspecified atom stereocenters. The number of nitrogens with one attached hydrogen (secondary N) is 4. The van der Waals surface area contributed by atoms with Gasteiger partial charge in [0.15, 0.2) is 0 Å². The second kappa shape index (κ2) is 11.1. The molecule has 0 aliphatic carbocycles. The van der Waals surface area contributed by atoms with Gasteiger partial charge in [0.05, 0.1) is 40.6 Å². The number of alkyl halides is 2. The lowest BCUT2D eigenvalue weighted by Gasteiger charge is -2.24. The number of nitrogens with zero attached hydrogens (tertiary/aromatic N) is 5. The van der Waals surface area contributed by atoms with Crippen LogP contribution in [0.25, 0.3) is 10.9 Å². The van der Waals surface area contributed by atoms with Crippen molar-refractivity contribution in [1.82, 2.24) is 25.9 Å². The van der Waals surface area contributed by atoms with Crippen molar-refractivity contribution in [3.8, 4) is 12.1 Å². The van der Waals surface area contributed by atoms with E-state index in [1.54, 1.807) is 25.1 Å². The number of anilines is 2. The van der Waals surface area contributed by atoms with Gasteiger partial charge in [-0.3, -0.25) is 9.99 Å². The summed E-state index contributed by atoms with van der Waals surface area (Å²) >= 11 is 0. The molecule has 2 aromatic heterocycles. The number of benzene rings is 1. The van der Waals surface area contributed by atoms with Crippen molar-refractivity contribution in [3.63, 3.8) is 0 Å². The molecular weight excluding hydrogens is 507 g/mol. The number of pyridine rings is 2. The number of aromatic nitrogens is 2. The summed E-state index contributed by atoms with van der Waals surface area (Å²) < 4.78 is 39.8. The molecule has 3 aromatic rings. The zero-order chi connectivity index (χ0) is 28.3. The second-order valence-corrected chi connectivity index (χ2v) is 10.4. The van der Waals surface area contributed by atoms with Crippen LogP contribution >= 0.6 is 0 Å². The topological polar surface area (TPSA) is 125 Å². The summed E-state index contributed by atoms with van der Waals surface area (Å²) in [7, 11) is 0.